The van der Waals surface area contributed by atoms with Crippen LogP contribution in [0.2, 0.25) is 0 Å². The van der Waals surface area contributed by atoms with Crippen molar-refractivity contribution in [3.63, 3.8) is 0 Å². The van der Waals surface area contributed by atoms with Crippen molar-refractivity contribution in [1.29, 1.82) is 0 Å². The lowest BCUT2D eigenvalue weighted by Crippen LogP contribution is -1.89. The van der Waals surface area contributed by atoms with Crippen molar-refractivity contribution in [1.82, 2.24) is 9.97 Å². The molecule has 0 radical (unpaired) electrons. The fourth-order valence-corrected chi connectivity index (χ4v) is 0.577. The van der Waals surface area contributed by atoms with E-state index in [1.54, 1.807) is 0 Å². The summed E-state index contributed by atoms with van der Waals surface area (Å²) in [6, 6.07) is 0. The lowest BCUT2D eigenvalue weighted by molar-refractivity contribution is 0.271. The minimum Gasteiger partial charge on any atom is -0.378 e. The van der Waals surface area contributed by atoms with Gasteiger partial charge in [0.1, 0.15) is 11.8 Å². The van der Waals surface area contributed by atoms with E-state index in [1.165, 1.54) is 18.7 Å². The van der Waals surface area contributed by atoms with E-state index in [2.05, 4.69) is 22.6 Å². The molecule has 4 heteroatoms. The van der Waals surface area contributed by atoms with Crippen LogP contribution < -0.4 is 0 Å². The van der Waals surface area contributed by atoms with Gasteiger partial charge in [-0.3, -0.25) is 0 Å². The Hall–Kier alpha value is -0.610. The second-order valence-electron chi connectivity index (χ2n) is 1.55. The van der Waals surface area contributed by atoms with Gasteiger partial charge in [-0.05, 0) is 0 Å². The lowest BCUT2D eigenvalue weighted by atomic mass is 10.4. The van der Waals surface area contributed by atoms with Crippen molar-refractivity contribution < 1.29 is 5.11 Å². The molecule has 0 spiro atoms. The van der Waals surface area contributed by atoms with Gasteiger partial charge in [-0.25, -0.2) is 9.97 Å². The lowest BCUT2D eigenvalue weighted by Gasteiger charge is -1.98. The van der Waals surface area contributed by atoms with Gasteiger partial charge >= 0.3 is 0 Å². The van der Waals surface area contributed by atoms with Crippen LogP contribution in [0.4, 0.5) is 0 Å². The smallest absolute Gasteiger partial charge is 0.125 e. The summed E-state index contributed by atoms with van der Waals surface area (Å²) in [5, 5.41) is 8.81. The Balaban J connectivity index is 2.85. The highest BCUT2D eigenvalue weighted by molar-refractivity contribution is 7.80. The van der Waals surface area contributed by atoms with Crippen LogP contribution in [0, 0.1) is 0 Å². The third-order valence-electron chi connectivity index (χ3n) is 0.879. The molecule has 0 aromatic carbocycles. The summed E-state index contributed by atoms with van der Waals surface area (Å²) in [6.07, 6.45) is 4.44. The van der Waals surface area contributed by atoms with Gasteiger partial charge in [-0.15, -0.1) is 12.6 Å². The van der Waals surface area contributed by atoms with E-state index in [0.717, 1.165) is 0 Å². The Morgan fingerprint density at radius 3 is 2.33 bits per heavy atom. The first kappa shape index (κ1) is 6.51. The van der Waals surface area contributed by atoms with E-state index < -0.39 is 5.44 Å². The van der Waals surface area contributed by atoms with Crippen molar-refractivity contribution in [3.8, 4) is 0 Å². The van der Waals surface area contributed by atoms with Gasteiger partial charge in [0, 0.05) is 18.0 Å². The predicted molar refractivity (Wildman–Crippen MR) is 36.0 cm³/mol. The molecule has 0 saturated heterocycles. The van der Waals surface area contributed by atoms with Gasteiger partial charge in [0.05, 0.1) is 0 Å². The number of hydrogen-bond acceptors (Lipinski definition) is 4. The molecule has 0 aliphatic heterocycles. The molecule has 0 bridgehead atoms. The topological polar surface area (TPSA) is 46.0 Å². The van der Waals surface area contributed by atoms with Crippen molar-refractivity contribution in [3.05, 3.63) is 24.3 Å². The Kier molecular flexibility index (Phi) is 2.02. The zero-order chi connectivity index (χ0) is 6.69. The number of aliphatic hydroxyl groups is 1. The number of nitrogens with zero attached hydrogens (tertiary/aromatic N) is 2. The van der Waals surface area contributed by atoms with Crippen molar-refractivity contribution in [2.45, 2.75) is 5.44 Å². The molecule has 1 aromatic heterocycles. The van der Waals surface area contributed by atoms with Crippen LogP contribution in [0.1, 0.15) is 11.0 Å². The Morgan fingerprint density at radius 2 is 2.00 bits per heavy atom. The average molecular weight is 142 g/mol. The maximum Gasteiger partial charge on any atom is 0.125 e. The van der Waals surface area contributed by atoms with Gasteiger partial charge in [-0.2, -0.15) is 0 Å². The Labute approximate surface area is 58.2 Å². The van der Waals surface area contributed by atoms with E-state index in [4.69, 9.17) is 5.11 Å². The van der Waals surface area contributed by atoms with Crippen LogP contribution in [-0.4, -0.2) is 15.1 Å². The van der Waals surface area contributed by atoms with E-state index in [1.807, 2.05) is 0 Å². The summed E-state index contributed by atoms with van der Waals surface area (Å²) >= 11 is 3.76. The molecule has 0 aliphatic rings. The standard InChI is InChI=1S/C5H6N2OS/c8-5(9)4-1-6-3-7-2-4/h1-3,5,8-9H. The number of rotatable bonds is 1. The largest absolute Gasteiger partial charge is 0.378 e. The van der Waals surface area contributed by atoms with Crippen molar-refractivity contribution >= 4 is 12.6 Å². The van der Waals surface area contributed by atoms with Crippen LogP contribution in [0.3, 0.4) is 0 Å². The molecule has 1 rings (SSSR count). The summed E-state index contributed by atoms with van der Waals surface area (Å²) in [5.41, 5.74) is -0.160. The van der Waals surface area contributed by atoms with Crippen LogP contribution in [0.5, 0.6) is 0 Å². The van der Waals surface area contributed by atoms with E-state index in [9.17, 15) is 0 Å². The zero-order valence-corrected chi connectivity index (χ0v) is 5.49. The summed E-state index contributed by atoms with van der Waals surface area (Å²) in [4.78, 5) is 7.37. The highest BCUT2D eigenvalue weighted by Crippen LogP contribution is 2.11. The molecular formula is C5H6N2OS. The number of aromatic nitrogens is 2. The molecule has 0 saturated carbocycles. The van der Waals surface area contributed by atoms with Crippen LogP contribution >= 0.6 is 12.6 Å². The van der Waals surface area contributed by atoms with Crippen LogP contribution in [-0.2, 0) is 0 Å². The highest BCUT2D eigenvalue weighted by atomic mass is 32.1. The normalized spacial score (nSPS) is 13.1. The second kappa shape index (κ2) is 2.80. The average Bonchev–Trinajstić information content (AvgIpc) is 1.90. The molecule has 0 fully saturated rings. The highest BCUT2D eigenvalue weighted by Gasteiger charge is 1.98. The number of aliphatic hydroxyl groups excluding tert-OH is 1. The van der Waals surface area contributed by atoms with E-state index in [-0.39, 0.29) is 0 Å². The summed E-state index contributed by atoms with van der Waals surface area (Å²) in [5.74, 6) is 0. The van der Waals surface area contributed by atoms with Gasteiger partial charge < -0.3 is 5.11 Å². The maximum absolute atomic E-state index is 8.81. The second-order valence-corrected chi connectivity index (χ2v) is 2.03. The zero-order valence-electron chi connectivity index (χ0n) is 4.60. The number of hydrogen-bond donors (Lipinski definition) is 2. The molecule has 1 unspecified atom stereocenters. The maximum atomic E-state index is 8.81. The van der Waals surface area contributed by atoms with Gasteiger partial charge in [0.15, 0.2) is 0 Å². The molecular weight excluding hydrogens is 136 g/mol. The SMILES string of the molecule is OC(S)c1cncnc1. The molecule has 48 valence electrons. The first-order valence-corrected chi connectivity index (χ1v) is 2.93. The number of thiol groups is 1. The minimum absolute atomic E-state index is 0.612. The molecule has 0 amide bonds. The fraction of sp³-hybridized carbons (Fsp3) is 0.200. The Bertz CT molecular complexity index is 178. The first-order chi connectivity index (χ1) is 4.30. The molecule has 0 aliphatic carbocycles. The fourth-order valence-electron chi connectivity index (χ4n) is 0.444. The van der Waals surface area contributed by atoms with E-state index in [0.29, 0.717) is 5.56 Å². The molecule has 1 aromatic rings. The van der Waals surface area contributed by atoms with Gasteiger partial charge in [-0.1, -0.05) is 0 Å². The monoisotopic (exact) mass is 142 g/mol. The molecule has 1 atom stereocenters. The van der Waals surface area contributed by atoms with Crippen molar-refractivity contribution in [2.24, 2.45) is 0 Å². The summed E-state index contributed by atoms with van der Waals surface area (Å²) in [6.45, 7) is 0. The first-order valence-electron chi connectivity index (χ1n) is 2.42. The Morgan fingerprint density at radius 1 is 1.44 bits per heavy atom. The summed E-state index contributed by atoms with van der Waals surface area (Å²) in [7, 11) is 0. The van der Waals surface area contributed by atoms with Gasteiger partial charge in [0.25, 0.3) is 0 Å². The minimum atomic E-state index is -0.772. The third-order valence-corrected chi connectivity index (χ3v) is 1.18. The molecule has 3 nitrogen and oxygen atoms in total. The van der Waals surface area contributed by atoms with Crippen molar-refractivity contribution in [2.75, 3.05) is 0 Å². The molecule has 9 heavy (non-hydrogen) atoms. The third kappa shape index (κ3) is 1.65. The van der Waals surface area contributed by atoms with E-state index >= 15 is 0 Å². The predicted octanol–water partition coefficient (Wildman–Crippen LogP) is 0.397. The molecule has 1 heterocycles. The van der Waals surface area contributed by atoms with Crippen LogP contribution in [0.15, 0.2) is 18.7 Å². The van der Waals surface area contributed by atoms with Crippen LogP contribution in [0.25, 0.3) is 0 Å². The summed E-state index contributed by atoms with van der Waals surface area (Å²) < 4.78 is 0. The molecule has 1 N–H and O–H groups in total. The van der Waals surface area contributed by atoms with Gasteiger partial charge in [0.2, 0.25) is 0 Å². The quantitative estimate of drug-likeness (QED) is 0.440.